The maximum absolute atomic E-state index is 12.2. The van der Waals surface area contributed by atoms with Gasteiger partial charge in [0.05, 0.1) is 18.0 Å². The molecule has 1 aliphatic heterocycles. The molecule has 1 amide bonds. The fraction of sp³-hybridized carbons (Fsp3) is 0.211. The molecule has 1 unspecified atom stereocenters. The largest absolute Gasteiger partial charge is 0.354 e. The zero-order chi connectivity index (χ0) is 17.2. The van der Waals surface area contributed by atoms with Crippen LogP contribution in [0, 0.1) is 0 Å². The number of halogens is 1. The van der Waals surface area contributed by atoms with Crippen molar-refractivity contribution in [3.05, 3.63) is 65.4 Å². The van der Waals surface area contributed by atoms with Crippen molar-refractivity contribution in [2.24, 2.45) is 0 Å². The monoisotopic (exact) mass is 352 g/mol. The summed E-state index contributed by atoms with van der Waals surface area (Å²) in [6, 6.07) is 15.6. The number of carbonyl (C=O) groups excluding carboxylic acids is 1. The first-order valence-corrected chi connectivity index (χ1v) is 8.59. The van der Waals surface area contributed by atoms with Gasteiger partial charge in [-0.3, -0.25) is 4.79 Å². The number of aromatic nitrogens is 2. The molecule has 2 heterocycles. The Morgan fingerprint density at radius 1 is 1.12 bits per heavy atom. The molecule has 25 heavy (non-hydrogen) atoms. The zero-order valence-electron chi connectivity index (χ0n) is 13.5. The van der Waals surface area contributed by atoms with Crippen molar-refractivity contribution in [2.45, 2.75) is 12.5 Å². The first-order chi connectivity index (χ1) is 12.2. The summed E-state index contributed by atoms with van der Waals surface area (Å²) in [5.41, 5.74) is 1.90. The summed E-state index contributed by atoms with van der Waals surface area (Å²) in [4.78, 5) is 23.2. The Balaban J connectivity index is 1.85. The lowest BCUT2D eigenvalue weighted by molar-refractivity contribution is -0.121. The number of nitrogens with zero attached hydrogens (tertiary/aromatic N) is 3. The summed E-state index contributed by atoms with van der Waals surface area (Å²) in [5.74, 6) is 0.879. The van der Waals surface area contributed by atoms with Crippen LogP contribution >= 0.6 is 11.6 Å². The Hall–Kier alpha value is -2.66. The van der Waals surface area contributed by atoms with E-state index in [9.17, 15) is 4.79 Å². The molecule has 4 rings (SSSR count). The number of carbonyl (C=O) groups is 1. The van der Waals surface area contributed by atoms with Crippen molar-refractivity contribution in [1.82, 2.24) is 15.3 Å². The van der Waals surface area contributed by atoms with Gasteiger partial charge < -0.3 is 10.2 Å². The van der Waals surface area contributed by atoms with E-state index in [2.05, 4.69) is 32.3 Å². The van der Waals surface area contributed by atoms with E-state index >= 15 is 0 Å². The molecular weight excluding hydrogens is 336 g/mol. The molecule has 5 nitrogen and oxygen atoms in total. The zero-order valence-corrected chi connectivity index (χ0v) is 14.3. The van der Waals surface area contributed by atoms with Crippen LogP contribution < -0.4 is 10.2 Å². The molecular formula is C19H17ClN4O. The van der Waals surface area contributed by atoms with Crippen molar-refractivity contribution in [3.8, 4) is 0 Å². The highest BCUT2D eigenvalue weighted by molar-refractivity contribution is 6.31. The molecule has 1 aromatic heterocycles. The Morgan fingerprint density at radius 2 is 1.96 bits per heavy atom. The van der Waals surface area contributed by atoms with Gasteiger partial charge in [-0.05, 0) is 23.8 Å². The van der Waals surface area contributed by atoms with Crippen molar-refractivity contribution in [1.29, 1.82) is 0 Å². The molecule has 1 saturated heterocycles. The second-order valence-electron chi connectivity index (χ2n) is 6.03. The normalized spacial score (nSPS) is 18.0. The van der Waals surface area contributed by atoms with E-state index in [1.54, 1.807) is 6.33 Å². The highest BCUT2D eigenvalue weighted by Crippen LogP contribution is 2.33. The predicted molar refractivity (Wildman–Crippen MR) is 98.7 cm³/mol. The molecule has 0 bridgehead atoms. The number of nitrogens with one attached hydrogen (secondary N) is 1. The molecule has 1 N–H and O–H groups in total. The fourth-order valence-corrected chi connectivity index (χ4v) is 3.47. The van der Waals surface area contributed by atoms with Gasteiger partial charge in [0.25, 0.3) is 0 Å². The molecule has 2 aromatic carbocycles. The Labute approximate surface area is 150 Å². The molecule has 6 heteroatoms. The van der Waals surface area contributed by atoms with Gasteiger partial charge in [-0.15, -0.1) is 0 Å². The number of hydrogen-bond donors (Lipinski definition) is 1. The molecule has 0 aliphatic carbocycles. The average Bonchev–Trinajstić information content (AvgIpc) is 2.83. The van der Waals surface area contributed by atoms with Crippen LogP contribution in [-0.4, -0.2) is 29.0 Å². The lowest BCUT2D eigenvalue weighted by Crippen LogP contribution is -2.31. The van der Waals surface area contributed by atoms with Gasteiger partial charge in [-0.1, -0.05) is 41.9 Å². The fourth-order valence-electron chi connectivity index (χ4n) is 3.30. The van der Waals surface area contributed by atoms with E-state index in [4.69, 9.17) is 11.6 Å². The lowest BCUT2D eigenvalue weighted by Gasteiger charge is -2.31. The topological polar surface area (TPSA) is 58.1 Å². The second kappa shape index (κ2) is 6.69. The minimum absolute atomic E-state index is 0.0535. The quantitative estimate of drug-likeness (QED) is 0.768. The van der Waals surface area contributed by atoms with Crippen LogP contribution in [0.1, 0.15) is 18.0 Å². The van der Waals surface area contributed by atoms with Crippen LogP contribution in [-0.2, 0) is 4.79 Å². The van der Waals surface area contributed by atoms with Crippen LogP contribution in [0.3, 0.4) is 0 Å². The minimum Gasteiger partial charge on any atom is -0.354 e. The maximum Gasteiger partial charge on any atom is 0.222 e. The minimum atomic E-state index is -0.0718. The van der Waals surface area contributed by atoms with Gasteiger partial charge in [0, 0.05) is 23.5 Å². The smallest absolute Gasteiger partial charge is 0.222 e. The third-order valence-corrected chi connectivity index (χ3v) is 4.70. The summed E-state index contributed by atoms with van der Waals surface area (Å²) in [5, 5.41) is 4.53. The summed E-state index contributed by atoms with van der Waals surface area (Å²) in [7, 11) is 0. The van der Waals surface area contributed by atoms with Gasteiger partial charge in [-0.2, -0.15) is 0 Å². The molecule has 0 spiro atoms. The number of rotatable bonds is 2. The first kappa shape index (κ1) is 15.8. The maximum atomic E-state index is 12.2. The molecule has 1 atom stereocenters. The Kier molecular flexibility index (Phi) is 4.24. The third-order valence-electron chi connectivity index (χ3n) is 4.46. The van der Waals surface area contributed by atoms with Gasteiger partial charge in [0.1, 0.15) is 12.1 Å². The number of fused-ring (bicyclic) bond motifs is 1. The molecule has 1 fully saturated rings. The van der Waals surface area contributed by atoms with E-state index < -0.39 is 0 Å². The summed E-state index contributed by atoms with van der Waals surface area (Å²) < 4.78 is 0. The third kappa shape index (κ3) is 3.15. The van der Waals surface area contributed by atoms with Gasteiger partial charge >= 0.3 is 0 Å². The van der Waals surface area contributed by atoms with Crippen molar-refractivity contribution >= 4 is 34.2 Å². The van der Waals surface area contributed by atoms with E-state index in [0.717, 1.165) is 22.3 Å². The highest BCUT2D eigenvalue weighted by atomic mass is 35.5. The number of hydrogen-bond acceptors (Lipinski definition) is 4. The lowest BCUT2D eigenvalue weighted by atomic mass is 10.0. The van der Waals surface area contributed by atoms with Crippen LogP contribution in [0.4, 0.5) is 5.82 Å². The number of anilines is 1. The summed E-state index contributed by atoms with van der Waals surface area (Å²) in [6.45, 7) is 1.27. The van der Waals surface area contributed by atoms with Crippen molar-refractivity contribution in [2.75, 3.05) is 18.0 Å². The molecule has 1 aliphatic rings. The Bertz CT molecular complexity index is 916. The van der Waals surface area contributed by atoms with Crippen molar-refractivity contribution < 1.29 is 4.79 Å². The van der Waals surface area contributed by atoms with E-state index in [0.29, 0.717) is 24.5 Å². The van der Waals surface area contributed by atoms with E-state index in [1.165, 1.54) is 0 Å². The first-order valence-electron chi connectivity index (χ1n) is 8.21. The van der Waals surface area contributed by atoms with Crippen LogP contribution in [0.2, 0.25) is 5.02 Å². The number of amides is 1. The summed E-state index contributed by atoms with van der Waals surface area (Å²) in [6.07, 6.45) is 1.94. The standard InChI is InChI=1S/C19H17ClN4O/c20-14-6-7-15-16(10-14)22-12-23-19(15)24-9-8-21-18(25)11-17(24)13-4-2-1-3-5-13/h1-7,10,12,17H,8-9,11H2,(H,21,25). The van der Waals surface area contributed by atoms with Crippen molar-refractivity contribution in [3.63, 3.8) is 0 Å². The highest BCUT2D eigenvalue weighted by Gasteiger charge is 2.28. The van der Waals surface area contributed by atoms with E-state index in [-0.39, 0.29) is 11.9 Å². The molecule has 0 saturated carbocycles. The number of benzene rings is 2. The molecule has 0 radical (unpaired) electrons. The predicted octanol–water partition coefficient (Wildman–Crippen LogP) is 3.35. The second-order valence-corrected chi connectivity index (χ2v) is 6.47. The Morgan fingerprint density at radius 3 is 2.80 bits per heavy atom. The molecule has 126 valence electrons. The average molecular weight is 353 g/mol. The van der Waals surface area contributed by atoms with Gasteiger partial charge in [-0.25, -0.2) is 9.97 Å². The van der Waals surface area contributed by atoms with E-state index in [1.807, 2.05) is 36.4 Å². The van der Waals surface area contributed by atoms with Gasteiger partial charge in [0.15, 0.2) is 0 Å². The SMILES string of the molecule is O=C1CC(c2ccccc2)N(c2ncnc3cc(Cl)ccc23)CCN1. The van der Waals surface area contributed by atoms with Crippen LogP contribution in [0.15, 0.2) is 54.9 Å². The summed E-state index contributed by atoms with van der Waals surface area (Å²) >= 11 is 6.10. The van der Waals surface area contributed by atoms with Crippen LogP contribution in [0.25, 0.3) is 10.9 Å². The van der Waals surface area contributed by atoms with Crippen LogP contribution in [0.5, 0.6) is 0 Å². The molecule has 3 aromatic rings. The van der Waals surface area contributed by atoms with Gasteiger partial charge in [0.2, 0.25) is 5.91 Å².